The van der Waals surface area contributed by atoms with Gasteiger partial charge in [-0.05, 0) is 61.9 Å². The van der Waals surface area contributed by atoms with Crippen LogP contribution >= 0.6 is 0 Å². The highest BCUT2D eigenvalue weighted by Crippen LogP contribution is 2.27. The number of aromatic nitrogens is 1. The number of nitrogens with one attached hydrogen (secondary N) is 1. The van der Waals surface area contributed by atoms with Gasteiger partial charge in [-0.15, -0.1) is 0 Å². The standard InChI is InChI=1S/C23H31N3O3/c1-4-19-7-5-6-14-26(19)23(27)20-16-18(11-13-25-20)24-12-10-17-8-9-21(28-2)22(15-17)29-3/h8-9,11,13,15-16,19H,4-7,10,12,14H2,1-3H3,(H,24,25). The van der Waals surface area contributed by atoms with Crippen molar-refractivity contribution < 1.29 is 14.3 Å². The van der Waals surface area contributed by atoms with Crippen molar-refractivity contribution in [2.45, 2.75) is 45.1 Å². The summed E-state index contributed by atoms with van der Waals surface area (Å²) in [6.45, 7) is 3.72. The van der Waals surface area contributed by atoms with Gasteiger partial charge in [0, 0.05) is 31.0 Å². The Morgan fingerprint density at radius 3 is 2.76 bits per heavy atom. The number of pyridine rings is 1. The lowest BCUT2D eigenvalue weighted by Gasteiger charge is -2.35. The molecule has 1 amide bonds. The number of hydrogen-bond donors (Lipinski definition) is 1. The molecule has 2 heterocycles. The second-order valence-corrected chi connectivity index (χ2v) is 7.35. The Balaban J connectivity index is 1.61. The zero-order valence-corrected chi connectivity index (χ0v) is 17.6. The molecule has 2 aromatic rings. The van der Waals surface area contributed by atoms with Crippen molar-refractivity contribution >= 4 is 11.6 Å². The zero-order chi connectivity index (χ0) is 20.6. The fourth-order valence-corrected chi connectivity index (χ4v) is 3.88. The predicted octanol–water partition coefficient (Wildman–Crippen LogP) is 4.16. The molecule has 1 unspecified atom stereocenters. The molecule has 6 heteroatoms. The topological polar surface area (TPSA) is 63.7 Å². The van der Waals surface area contributed by atoms with Crippen molar-refractivity contribution in [2.75, 3.05) is 32.6 Å². The molecule has 0 aliphatic carbocycles. The predicted molar refractivity (Wildman–Crippen MR) is 115 cm³/mol. The minimum absolute atomic E-state index is 0.0418. The first-order chi connectivity index (χ1) is 14.2. The van der Waals surface area contributed by atoms with E-state index in [4.69, 9.17) is 9.47 Å². The van der Waals surface area contributed by atoms with Gasteiger partial charge in [0.05, 0.1) is 14.2 Å². The van der Waals surface area contributed by atoms with Crippen LogP contribution in [0.2, 0.25) is 0 Å². The number of piperidine rings is 1. The highest BCUT2D eigenvalue weighted by atomic mass is 16.5. The maximum atomic E-state index is 13.0. The highest BCUT2D eigenvalue weighted by molar-refractivity contribution is 5.93. The van der Waals surface area contributed by atoms with E-state index in [1.165, 1.54) is 6.42 Å². The number of anilines is 1. The van der Waals surface area contributed by atoms with Crippen LogP contribution in [0.4, 0.5) is 5.69 Å². The summed E-state index contributed by atoms with van der Waals surface area (Å²) in [5.41, 5.74) is 2.58. The first-order valence-electron chi connectivity index (χ1n) is 10.4. The summed E-state index contributed by atoms with van der Waals surface area (Å²) in [6, 6.07) is 10.0. The third-order valence-corrected chi connectivity index (χ3v) is 5.53. The molecule has 0 bridgehead atoms. The van der Waals surface area contributed by atoms with Crippen LogP contribution in [0.5, 0.6) is 11.5 Å². The van der Waals surface area contributed by atoms with Crippen molar-refractivity contribution in [3.05, 3.63) is 47.8 Å². The van der Waals surface area contributed by atoms with E-state index >= 15 is 0 Å². The van der Waals surface area contributed by atoms with E-state index in [-0.39, 0.29) is 5.91 Å². The Labute approximate surface area is 173 Å². The van der Waals surface area contributed by atoms with E-state index in [1.807, 2.05) is 35.2 Å². The molecule has 1 aromatic carbocycles. The summed E-state index contributed by atoms with van der Waals surface area (Å²) in [6.07, 6.45) is 6.90. The number of methoxy groups -OCH3 is 2. The summed E-state index contributed by atoms with van der Waals surface area (Å²) < 4.78 is 10.6. The van der Waals surface area contributed by atoms with Gasteiger partial charge in [-0.1, -0.05) is 13.0 Å². The largest absolute Gasteiger partial charge is 0.493 e. The smallest absolute Gasteiger partial charge is 0.272 e. The number of benzene rings is 1. The van der Waals surface area contributed by atoms with Gasteiger partial charge in [0.1, 0.15) is 5.69 Å². The molecule has 156 valence electrons. The summed E-state index contributed by atoms with van der Waals surface area (Å²) in [4.78, 5) is 19.3. The number of nitrogens with zero attached hydrogens (tertiary/aromatic N) is 2. The number of amides is 1. The Morgan fingerprint density at radius 1 is 1.17 bits per heavy atom. The van der Waals surface area contributed by atoms with Crippen LogP contribution in [0.1, 0.15) is 48.7 Å². The van der Waals surface area contributed by atoms with E-state index in [2.05, 4.69) is 17.2 Å². The van der Waals surface area contributed by atoms with Gasteiger partial charge in [0.15, 0.2) is 11.5 Å². The minimum Gasteiger partial charge on any atom is -0.493 e. The molecule has 0 saturated carbocycles. The van der Waals surface area contributed by atoms with Crippen molar-refractivity contribution in [3.63, 3.8) is 0 Å². The van der Waals surface area contributed by atoms with Crippen molar-refractivity contribution in [1.29, 1.82) is 0 Å². The van der Waals surface area contributed by atoms with Gasteiger partial charge in [0.25, 0.3) is 5.91 Å². The number of hydrogen-bond acceptors (Lipinski definition) is 5. The maximum Gasteiger partial charge on any atom is 0.272 e. The highest BCUT2D eigenvalue weighted by Gasteiger charge is 2.26. The number of ether oxygens (including phenoxy) is 2. The van der Waals surface area contributed by atoms with Crippen molar-refractivity contribution in [2.24, 2.45) is 0 Å². The molecule has 1 atom stereocenters. The molecule has 3 rings (SSSR count). The van der Waals surface area contributed by atoms with Gasteiger partial charge in [-0.3, -0.25) is 9.78 Å². The molecule has 1 aliphatic heterocycles. The van der Waals surface area contributed by atoms with E-state index in [0.29, 0.717) is 11.7 Å². The first-order valence-corrected chi connectivity index (χ1v) is 10.4. The van der Waals surface area contributed by atoms with E-state index in [1.54, 1.807) is 20.4 Å². The lowest BCUT2D eigenvalue weighted by molar-refractivity contribution is 0.0602. The molecule has 1 saturated heterocycles. The third-order valence-electron chi connectivity index (χ3n) is 5.53. The first kappa shape index (κ1) is 21.0. The van der Waals surface area contributed by atoms with E-state index in [0.717, 1.165) is 61.5 Å². The molecule has 0 spiro atoms. The summed E-state index contributed by atoms with van der Waals surface area (Å²) in [5.74, 6) is 1.50. The molecular formula is C23H31N3O3. The monoisotopic (exact) mass is 397 g/mol. The lowest BCUT2D eigenvalue weighted by Crippen LogP contribution is -2.43. The fraction of sp³-hybridized carbons (Fsp3) is 0.478. The average Bonchev–Trinajstić information content (AvgIpc) is 2.78. The molecule has 29 heavy (non-hydrogen) atoms. The normalized spacial score (nSPS) is 16.4. The Hall–Kier alpha value is -2.76. The molecule has 1 aliphatic rings. The number of likely N-dealkylation sites (tertiary alicyclic amines) is 1. The molecular weight excluding hydrogens is 366 g/mol. The van der Waals surface area contributed by atoms with Crippen molar-refractivity contribution in [1.82, 2.24) is 9.88 Å². The van der Waals surface area contributed by atoms with Crippen molar-refractivity contribution in [3.8, 4) is 11.5 Å². The van der Waals surface area contributed by atoms with Crippen LogP contribution < -0.4 is 14.8 Å². The van der Waals surface area contributed by atoms with E-state index in [9.17, 15) is 4.79 Å². The summed E-state index contributed by atoms with van der Waals surface area (Å²) in [5, 5.41) is 3.40. The fourth-order valence-electron chi connectivity index (χ4n) is 3.88. The Morgan fingerprint density at radius 2 is 2.00 bits per heavy atom. The average molecular weight is 398 g/mol. The zero-order valence-electron chi connectivity index (χ0n) is 17.6. The van der Waals surface area contributed by atoms with Gasteiger partial charge in [-0.2, -0.15) is 0 Å². The minimum atomic E-state index is 0.0418. The SMILES string of the molecule is CCC1CCCCN1C(=O)c1cc(NCCc2ccc(OC)c(OC)c2)ccn1. The number of carbonyl (C=O) groups is 1. The van der Waals surface area contributed by atoms with Crippen LogP contribution in [0.15, 0.2) is 36.5 Å². The summed E-state index contributed by atoms with van der Waals surface area (Å²) in [7, 11) is 3.27. The van der Waals surface area contributed by atoms with Crippen LogP contribution in [-0.4, -0.2) is 49.1 Å². The van der Waals surface area contributed by atoms with Crippen LogP contribution in [0.25, 0.3) is 0 Å². The van der Waals surface area contributed by atoms with E-state index < -0.39 is 0 Å². The van der Waals surface area contributed by atoms with Crippen LogP contribution in [0.3, 0.4) is 0 Å². The molecule has 1 fully saturated rings. The second-order valence-electron chi connectivity index (χ2n) is 7.35. The molecule has 0 radical (unpaired) electrons. The molecule has 6 nitrogen and oxygen atoms in total. The van der Waals surface area contributed by atoms with Crippen LogP contribution in [0, 0.1) is 0 Å². The van der Waals surface area contributed by atoms with Crippen LogP contribution in [-0.2, 0) is 6.42 Å². The Bertz CT molecular complexity index is 825. The molecule has 1 N–H and O–H groups in total. The number of carbonyl (C=O) groups excluding carboxylic acids is 1. The van der Waals surface area contributed by atoms with Gasteiger partial charge in [-0.25, -0.2) is 0 Å². The maximum absolute atomic E-state index is 13.0. The summed E-state index contributed by atoms with van der Waals surface area (Å²) >= 11 is 0. The third kappa shape index (κ3) is 5.19. The van der Waals surface area contributed by atoms with Gasteiger partial charge >= 0.3 is 0 Å². The van der Waals surface area contributed by atoms with Gasteiger partial charge in [0.2, 0.25) is 0 Å². The molecule has 1 aromatic heterocycles. The van der Waals surface area contributed by atoms with Gasteiger partial charge < -0.3 is 19.7 Å². The quantitative estimate of drug-likeness (QED) is 0.725. The Kier molecular flexibility index (Phi) is 7.33. The second kappa shape index (κ2) is 10.1. The number of rotatable bonds is 8. The lowest BCUT2D eigenvalue weighted by atomic mass is 9.99.